The summed E-state index contributed by atoms with van der Waals surface area (Å²) in [5.74, 6) is 0.0101. The van der Waals surface area contributed by atoms with Gasteiger partial charge in [0, 0.05) is 10.4 Å². The van der Waals surface area contributed by atoms with E-state index in [1.165, 1.54) is 17.7 Å². The lowest BCUT2D eigenvalue weighted by atomic mass is 9.66. The average molecular weight is 467 g/mol. The molecule has 2 N–H and O–H groups in total. The fraction of sp³-hybridized carbons (Fsp3) is 0.429. The summed E-state index contributed by atoms with van der Waals surface area (Å²) in [5.41, 5.74) is 2.32. The molecule has 0 amide bonds. The van der Waals surface area contributed by atoms with Crippen molar-refractivity contribution in [3.63, 3.8) is 0 Å². The van der Waals surface area contributed by atoms with Crippen molar-refractivity contribution in [3.05, 3.63) is 59.1 Å². The fourth-order valence-electron chi connectivity index (χ4n) is 5.31. The minimum Gasteiger partial charge on any atom is -0.506 e. The first-order chi connectivity index (χ1) is 15.2. The van der Waals surface area contributed by atoms with Crippen LogP contribution in [0.1, 0.15) is 66.9 Å². The summed E-state index contributed by atoms with van der Waals surface area (Å²) >= 11 is 6.00. The molecule has 0 aromatic heterocycles. The molecular weight excluding hydrogens is 432 g/mol. The van der Waals surface area contributed by atoms with Gasteiger partial charge in [0.1, 0.15) is 22.9 Å². The molecule has 5 heteroatoms. The molecule has 0 spiro atoms. The van der Waals surface area contributed by atoms with Gasteiger partial charge in [0.15, 0.2) is 0 Å². The summed E-state index contributed by atoms with van der Waals surface area (Å²) in [6, 6.07) is 14.4. The maximum atomic E-state index is 10.5. The van der Waals surface area contributed by atoms with Crippen molar-refractivity contribution < 1.29 is 10.2 Å². The minimum absolute atomic E-state index is 0.0188. The number of aromatic hydroxyl groups is 2. The number of halogens is 1. The molecule has 3 aromatic carbocycles. The van der Waals surface area contributed by atoms with Crippen molar-refractivity contribution in [1.82, 2.24) is 0 Å². The average Bonchev–Trinajstić information content (AvgIpc) is 2.66. The molecule has 4 nitrogen and oxygen atoms in total. The van der Waals surface area contributed by atoms with Gasteiger partial charge in [-0.1, -0.05) is 84.3 Å². The number of azo groups is 1. The van der Waals surface area contributed by atoms with Crippen molar-refractivity contribution in [2.45, 2.75) is 66.7 Å². The maximum Gasteiger partial charge on any atom is 0.143 e. The molecule has 0 heterocycles. The molecule has 33 heavy (non-hydrogen) atoms. The standard InChI is InChI=1S/C28H35ClN2O2/c1-26(2,3)16-27(4,5)17-28(6,7)19-9-11-21-18(14-19)8-12-24(33)25(21)31-30-22-15-20(29)10-13-23(22)32/h8-15,32-33H,16-17H2,1-7H3. The Balaban J connectivity index is 1.97. The Labute approximate surface area is 202 Å². The van der Waals surface area contributed by atoms with Crippen LogP contribution in [-0.4, -0.2) is 10.2 Å². The van der Waals surface area contributed by atoms with E-state index in [0.717, 1.165) is 23.6 Å². The van der Waals surface area contributed by atoms with Crippen LogP contribution in [0.4, 0.5) is 11.4 Å². The van der Waals surface area contributed by atoms with Gasteiger partial charge >= 0.3 is 0 Å². The van der Waals surface area contributed by atoms with Crippen LogP contribution in [0, 0.1) is 10.8 Å². The Hall–Kier alpha value is -2.59. The first-order valence-electron chi connectivity index (χ1n) is 11.3. The Morgan fingerprint density at radius 2 is 1.42 bits per heavy atom. The second kappa shape index (κ2) is 8.98. The van der Waals surface area contributed by atoms with Gasteiger partial charge in [-0.05, 0) is 64.3 Å². The highest BCUT2D eigenvalue weighted by atomic mass is 35.5. The molecule has 0 aliphatic heterocycles. The van der Waals surface area contributed by atoms with Crippen LogP contribution >= 0.6 is 11.6 Å². The predicted octanol–water partition coefficient (Wildman–Crippen LogP) is 9.45. The molecule has 0 atom stereocenters. The molecule has 0 bridgehead atoms. The maximum absolute atomic E-state index is 10.5. The number of phenols is 2. The van der Waals surface area contributed by atoms with E-state index in [0.29, 0.717) is 10.7 Å². The number of rotatable bonds is 6. The zero-order chi connectivity index (χ0) is 24.6. The third kappa shape index (κ3) is 6.26. The Morgan fingerprint density at radius 1 is 0.758 bits per heavy atom. The van der Waals surface area contributed by atoms with Crippen LogP contribution in [0.25, 0.3) is 10.8 Å². The van der Waals surface area contributed by atoms with Gasteiger partial charge in [0.25, 0.3) is 0 Å². The normalized spacial score (nSPS) is 13.2. The van der Waals surface area contributed by atoms with Crippen molar-refractivity contribution in [3.8, 4) is 11.5 Å². The number of fused-ring (bicyclic) bond motifs is 1. The van der Waals surface area contributed by atoms with Crippen LogP contribution in [-0.2, 0) is 5.41 Å². The van der Waals surface area contributed by atoms with Crippen LogP contribution in [0.5, 0.6) is 11.5 Å². The minimum atomic E-state index is -0.0233. The van der Waals surface area contributed by atoms with Gasteiger partial charge in [-0.25, -0.2) is 0 Å². The summed E-state index contributed by atoms with van der Waals surface area (Å²) < 4.78 is 0. The molecule has 0 radical (unpaired) electrons. The molecule has 0 aliphatic carbocycles. The van der Waals surface area contributed by atoms with E-state index < -0.39 is 0 Å². The lowest BCUT2D eigenvalue weighted by Gasteiger charge is -2.39. The van der Waals surface area contributed by atoms with E-state index in [2.05, 4.69) is 70.8 Å². The molecule has 0 unspecified atom stereocenters. The first-order valence-corrected chi connectivity index (χ1v) is 11.7. The van der Waals surface area contributed by atoms with Crippen molar-refractivity contribution in [2.24, 2.45) is 21.1 Å². The molecule has 176 valence electrons. The van der Waals surface area contributed by atoms with E-state index in [4.69, 9.17) is 11.6 Å². The molecule has 0 fully saturated rings. The highest BCUT2D eigenvalue weighted by Gasteiger charge is 2.33. The van der Waals surface area contributed by atoms with E-state index in [1.54, 1.807) is 12.1 Å². The largest absolute Gasteiger partial charge is 0.506 e. The molecule has 0 saturated heterocycles. The van der Waals surface area contributed by atoms with Crippen LogP contribution < -0.4 is 0 Å². The first kappa shape index (κ1) is 25.0. The quantitative estimate of drug-likeness (QED) is 0.355. The number of benzene rings is 3. The molecule has 3 rings (SSSR count). The van der Waals surface area contributed by atoms with Gasteiger partial charge in [0.05, 0.1) is 0 Å². The summed E-state index contributed by atoms with van der Waals surface area (Å²) in [5, 5.41) is 31.1. The summed E-state index contributed by atoms with van der Waals surface area (Å²) in [6.45, 7) is 16.2. The predicted molar refractivity (Wildman–Crippen MR) is 138 cm³/mol. The second-order valence-corrected chi connectivity index (χ2v) is 12.1. The number of hydrogen-bond donors (Lipinski definition) is 2. The summed E-state index contributed by atoms with van der Waals surface area (Å²) in [6.07, 6.45) is 2.20. The molecule has 0 saturated carbocycles. The van der Waals surface area contributed by atoms with Crippen LogP contribution in [0.3, 0.4) is 0 Å². The van der Waals surface area contributed by atoms with Gasteiger partial charge in [-0.2, -0.15) is 0 Å². The van der Waals surface area contributed by atoms with Gasteiger partial charge < -0.3 is 10.2 Å². The smallest absolute Gasteiger partial charge is 0.143 e. The van der Waals surface area contributed by atoms with Gasteiger partial charge in [0.2, 0.25) is 0 Å². The van der Waals surface area contributed by atoms with Crippen molar-refractivity contribution in [2.75, 3.05) is 0 Å². The van der Waals surface area contributed by atoms with E-state index in [1.807, 2.05) is 12.1 Å². The Kier molecular flexibility index (Phi) is 6.82. The lowest BCUT2D eigenvalue weighted by Crippen LogP contribution is -2.30. The highest BCUT2D eigenvalue weighted by Crippen LogP contribution is 2.45. The number of hydrogen-bond acceptors (Lipinski definition) is 4. The molecule has 3 aromatic rings. The second-order valence-electron chi connectivity index (χ2n) is 11.7. The third-order valence-electron chi connectivity index (χ3n) is 5.88. The van der Waals surface area contributed by atoms with Gasteiger partial charge in [-0.15, -0.1) is 10.2 Å². The Bertz CT molecular complexity index is 1190. The van der Waals surface area contributed by atoms with Crippen LogP contribution in [0.2, 0.25) is 5.02 Å². The van der Waals surface area contributed by atoms with Crippen LogP contribution in [0.15, 0.2) is 58.8 Å². The van der Waals surface area contributed by atoms with Crippen molar-refractivity contribution in [1.29, 1.82) is 0 Å². The van der Waals surface area contributed by atoms with E-state index in [-0.39, 0.29) is 33.4 Å². The van der Waals surface area contributed by atoms with E-state index in [9.17, 15) is 10.2 Å². The Morgan fingerprint density at radius 3 is 2.09 bits per heavy atom. The SMILES string of the molecule is CC(C)(C)CC(C)(C)CC(C)(C)c1ccc2c(N=Nc3cc(Cl)ccc3O)c(O)ccc2c1. The van der Waals surface area contributed by atoms with Gasteiger partial charge in [-0.3, -0.25) is 0 Å². The zero-order valence-electron chi connectivity index (χ0n) is 20.7. The lowest BCUT2D eigenvalue weighted by molar-refractivity contribution is 0.166. The monoisotopic (exact) mass is 466 g/mol. The third-order valence-corrected chi connectivity index (χ3v) is 6.11. The zero-order valence-corrected chi connectivity index (χ0v) is 21.5. The number of phenolic OH excluding ortho intramolecular Hbond substituents is 2. The number of nitrogens with zero attached hydrogens (tertiary/aromatic N) is 2. The molecule has 0 aliphatic rings. The highest BCUT2D eigenvalue weighted by molar-refractivity contribution is 6.30. The fourth-order valence-corrected chi connectivity index (χ4v) is 5.47. The van der Waals surface area contributed by atoms with E-state index >= 15 is 0 Å². The summed E-state index contributed by atoms with van der Waals surface area (Å²) in [4.78, 5) is 0. The molecular formula is C28H35ClN2O2. The summed E-state index contributed by atoms with van der Waals surface area (Å²) in [7, 11) is 0. The topological polar surface area (TPSA) is 65.2 Å². The van der Waals surface area contributed by atoms with Crippen molar-refractivity contribution >= 4 is 33.7 Å².